The van der Waals surface area contributed by atoms with Crippen molar-refractivity contribution in [3.63, 3.8) is 0 Å². The van der Waals surface area contributed by atoms with Gasteiger partial charge in [0.25, 0.3) is 0 Å². The number of benzene rings is 1. The van der Waals surface area contributed by atoms with Gasteiger partial charge in [-0.15, -0.1) is 11.8 Å². The van der Waals surface area contributed by atoms with Crippen molar-refractivity contribution in [2.75, 3.05) is 26.0 Å². The standard InChI is InChI=1S/C14H21NOS.C2H6/c1-17-14-4-2-12(3-5-14)10-15-8-6-13(11-16)7-9-15;1-2/h2-5,13,16H,6-11H2,1H3;1-2H3. The molecule has 0 atom stereocenters. The summed E-state index contributed by atoms with van der Waals surface area (Å²) in [5, 5.41) is 9.10. The van der Waals surface area contributed by atoms with Gasteiger partial charge in [0.05, 0.1) is 0 Å². The molecule has 0 saturated carbocycles. The van der Waals surface area contributed by atoms with Crippen LogP contribution in [0.4, 0.5) is 0 Å². The zero-order valence-electron chi connectivity index (χ0n) is 12.4. The summed E-state index contributed by atoms with van der Waals surface area (Å²) in [4.78, 5) is 3.81. The maximum absolute atomic E-state index is 9.10. The van der Waals surface area contributed by atoms with E-state index in [1.807, 2.05) is 13.8 Å². The highest BCUT2D eigenvalue weighted by molar-refractivity contribution is 7.98. The molecule has 1 heterocycles. The number of rotatable bonds is 4. The number of thioether (sulfide) groups is 1. The van der Waals surface area contributed by atoms with Gasteiger partial charge in [-0.05, 0) is 55.8 Å². The van der Waals surface area contributed by atoms with Crippen LogP contribution in [0.25, 0.3) is 0 Å². The highest BCUT2D eigenvalue weighted by atomic mass is 32.2. The van der Waals surface area contributed by atoms with Crippen molar-refractivity contribution in [1.29, 1.82) is 0 Å². The van der Waals surface area contributed by atoms with Gasteiger partial charge in [-0.1, -0.05) is 26.0 Å². The van der Waals surface area contributed by atoms with Gasteiger partial charge in [-0.2, -0.15) is 0 Å². The quantitative estimate of drug-likeness (QED) is 0.852. The molecule has 1 aliphatic heterocycles. The second kappa shape index (κ2) is 9.40. The smallest absolute Gasteiger partial charge is 0.0460 e. The topological polar surface area (TPSA) is 23.5 Å². The summed E-state index contributed by atoms with van der Waals surface area (Å²) in [6.45, 7) is 7.65. The molecular formula is C16H27NOS. The van der Waals surface area contributed by atoms with Crippen molar-refractivity contribution in [2.24, 2.45) is 5.92 Å². The summed E-state index contributed by atoms with van der Waals surface area (Å²) in [5.74, 6) is 0.533. The number of hydrogen-bond acceptors (Lipinski definition) is 3. The second-order valence-electron chi connectivity index (χ2n) is 4.75. The van der Waals surface area contributed by atoms with Crippen molar-refractivity contribution in [3.05, 3.63) is 29.8 Å². The molecule has 0 aromatic heterocycles. The van der Waals surface area contributed by atoms with E-state index in [9.17, 15) is 0 Å². The maximum Gasteiger partial charge on any atom is 0.0460 e. The van der Waals surface area contributed by atoms with E-state index in [1.54, 1.807) is 11.8 Å². The van der Waals surface area contributed by atoms with E-state index in [2.05, 4.69) is 35.4 Å². The Labute approximate surface area is 122 Å². The molecule has 0 radical (unpaired) electrons. The highest BCUT2D eigenvalue weighted by Gasteiger charge is 2.18. The summed E-state index contributed by atoms with van der Waals surface area (Å²) in [6.07, 6.45) is 4.38. The summed E-state index contributed by atoms with van der Waals surface area (Å²) >= 11 is 1.79. The number of nitrogens with zero attached hydrogens (tertiary/aromatic N) is 1. The fourth-order valence-corrected chi connectivity index (χ4v) is 2.72. The number of hydrogen-bond donors (Lipinski definition) is 1. The van der Waals surface area contributed by atoms with Crippen molar-refractivity contribution in [1.82, 2.24) is 4.90 Å². The van der Waals surface area contributed by atoms with E-state index in [4.69, 9.17) is 5.11 Å². The minimum Gasteiger partial charge on any atom is -0.396 e. The lowest BCUT2D eigenvalue weighted by atomic mass is 9.97. The average Bonchev–Trinajstić information content (AvgIpc) is 2.51. The molecule has 3 heteroatoms. The van der Waals surface area contributed by atoms with E-state index in [-0.39, 0.29) is 0 Å². The summed E-state index contributed by atoms with van der Waals surface area (Å²) in [6, 6.07) is 8.84. The maximum atomic E-state index is 9.10. The molecule has 0 aliphatic carbocycles. The van der Waals surface area contributed by atoms with Crippen LogP contribution in [0.1, 0.15) is 32.3 Å². The third kappa shape index (κ3) is 5.55. The van der Waals surface area contributed by atoms with E-state index in [0.29, 0.717) is 12.5 Å². The molecule has 1 aromatic rings. The van der Waals surface area contributed by atoms with Gasteiger partial charge in [0.15, 0.2) is 0 Å². The van der Waals surface area contributed by atoms with E-state index >= 15 is 0 Å². The summed E-state index contributed by atoms with van der Waals surface area (Å²) in [5.41, 5.74) is 1.39. The molecule has 108 valence electrons. The Bertz CT molecular complexity index is 331. The average molecular weight is 281 g/mol. The minimum absolute atomic E-state index is 0.357. The van der Waals surface area contributed by atoms with Crippen LogP contribution in [-0.4, -0.2) is 36.0 Å². The van der Waals surface area contributed by atoms with Crippen LogP contribution in [0, 0.1) is 5.92 Å². The number of aliphatic hydroxyl groups excluding tert-OH is 1. The normalized spacial score (nSPS) is 16.8. The zero-order chi connectivity index (χ0) is 14.1. The van der Waals surface area contributed by atoms with Gasteiger partial charge in [0, 0.05) is 18.0 Å². The van der Waals surface area contributed by atoms with Gasteiger partial charge >= 0.3 is 0 Å². The van der Waals surface area contributed by atoms with Crippen LogP contribution in [0.15, 0.2) is 29.2 Å². The second-order valence-corrected chi connectivity index (χ2v) is 5.63. The molecule has 1 aromatic carbocycles. The first kappa shape index (κ1) is 16.5. The van der Waals surface area contributed by atoms with Gasteiger partial charge < -0.3 is 5.11 Å². The van der Waals surface area contributed by atoms with E-state index < -0.39 is 0 Å². The van der Waals surface area contributed by atoms with E-state index in [1.165, 1.54) is 10.5 Å². The van der Waals surface area contributed by atoms with E-state index in [0.717, 1.165) is 32.5 Å². The van der Waals surface area contributed by atoms with Crippen molar-refractivity contribution < 1.29 is 5.11 Å². The lowest BCUT2D eigenvalue weighted by Gasteiger charge is -2.31. The van der Waals surface area contributed by atoms with Crippen molar-refractivity contribution in [2.45, 2.75) is 38.1 Å². The molecule has 1 saturated heterocycles. The molecule has 1 aliphatic rings. The third-order valence-electron chi connectivity index (χ3n) is 3.53. The summed E-state index contributed by atoms with van der Waals surface area (Å²) in [7, 11) is 0. The largest absolute Gasteiger partial charge is 0.396 e. The van der Waals surface area contributed by atoms with Gasteiger partial charge in [-0.25, -0.2) is 0 Å². The molecular weight excluding hydrogens is 254 g/mol. The van der Waals surface area contributed by atoms with Crippen molar-refractivity contribution in [3.8, 4) is 0 Å². The first-order valence-electron chi connectivity index (χ1n) is 7.28. The molecule has 0 unspecified atom stereocenters. The number of piperidine rings is 1. The molecule has 2 nitrogen and oxygen atoms in total. The number of likely N-dealkylation sites (tertiary alicyclic amines) is 1. The monoisotopic (exact) mass is 281 g/mol. The summed E-state index contributed by atoms with van der Waals surface area (Å²) < 4.78 is 0. The van der Waals surface area contributed by atoms with Crippen LogP contribution < -0.4 is 0 Å². The Hall–Kier alpha value is -0.510. The predicted molar refractivity (Wildman–Crippen MR) is 84.7 cm³/mol. The Morgan fingerprint density at radius 1 is 1.16 bits per heavy atom. The first-order chi connectivity index (χ1) is 9.31. The van der Waals surface area contributed by atoms with Crippen LogP contribution in [0.2, 0.25) is 0 Å². The van der Waals surface area contributed by atoms with Crippen LogP contribution in [0.5, 0.6) is 0 Å². The molecule has 19 heavy (non-hydrogen) atoms. The predicted octanol–water partition coefficient (Wildman–Crippen LogP) is 3.64. The Morgan fingerprint density at radius 2 is 1.74 bits per heavy atom. The lowest BCUT2D eigenvalue weighted by Crippen LogP contribution is -2.34. The molecule has 2 rings (SSSR count). The van der Waals surface area contributed by atoms with Crippen LogP contribution in [-0.2, 0) is 6.54 Å². The van der Waals surface area contributed by atoms with Gasteiger partial charge in [0.1, 0.15) is 0 Å². The first-order valence-corrected chi connectivity index (χ1v) is 8.50. The molecule has 0 amide bonds. The lowest BCUT2D eigenvalue weighted by molar-refractivity contribution is 0.127. The highest BCUT2D eigenvalue weighted by Crippen LogP contribution is 2.20. The zero-order valence-corrected chi connectivity index (χ0v) is 13.2. The molecule has 0 spiro atoms. The van der Waals surface area contributed by atoms with Crippen LogP contribution in [0.3, 0.4) is 0 Å². The third-order valence-corrected chi connectivity index (χ3v) is 4.27. The van der Waals surface area contributed by atoms with Crippen molar-refractivity contribution >= 4 is 11.8 Å². The Morgan fingerprint density at radius 3 is 2.21 bits per heavy atom. The minimum atomic E-state index is 0.357. The Balaban J connectivity index is 0.000000861. The number of aliphatic hydroxyl groups is 1. The van der Waals surface area contributed by atoms with Gasteiger partial charge in [0.2, 0.25) is 0 Å². The SMILES string of the molecule is CC.CSc1ccc(CN2CCC(CO)CC2)cc1. The molecule has 1 fully saturated rings. The fourth-order valence-electron chi connectivity index (χ4n) is 2.32. The van der Waals surface area contributed by atoms with Gasteiger partial charge in [-0.3, -0.25) is 4.90 Å². The Kier molecular flexibility index (Phi) is 8.19. The fraction of sp³-hybridized carbons (Fsp3) is 0.625. The van der Waals surface area contributed by atoms with Crippen LogP contribution >= 0.6 is 11.8 Å². The molecule has 0 bridgehead atoms. The molecule has 1 N–H and O–H groups in total.